The van der Waals surface area contributed by atoms with Gasteiger partial charge in [-0.2, -0.15) is 0 Å². The van der Waals surface area contributed by atoms with E-state index in [4.69, 9.17) is 27.6 Å². The van der Waals surface area contributed by atoms with E-state index in [0.717, 1.165) is 22.4 Å². The molecule has 2 aromatic carbocycles. The summed E-state index contributed by atoms with van der Waals surface area (Å²) in [6.45, 7) is 2.03. The maximum absolute atomic E-state index is 6.00. The van der Waals surface area contributed by atoms with Crippen LogP contribution >= 0.6 is 23.2 Å². The highest BCUT2D eigenvalue weighted by molar-refractivity contribution is 6.35. The number of hydrogen-bond donors (Lipinski definition) is 1. The van der Waals surface area contributed by atoms with Crippen molar-refractivity contribution in [2.75, 3.05) is 5.32 Å². The zero-order valence-corrected chi connectivity index (χ0v) is 12.4. The van der Waals surface area contributed by atoms with Crippen molar-refractivity contribution in [3.63, 3.8) is 0 Å². The predicted molar refractivity (Wildman–Crippen MR) is 84.7 cm³/mol. The normalized spacial score (nSPS) is 12.6. The molecule has 0 fully saturated rings. The van der Waals surface area contributed by atoms with Crippen molar-refractivity contribution in [2.45, 2.75) is 13.0 Å². The highest BCUT2D eigenvalue weighted by atomic mass is 35.5. The fourth-order valence-electron chi connectivity index (χ4n) is 2.17. The Bertz CT molecular complexity index is 698. The number of fused-ring (bicyclic) bond motifs is 1. The molecule has 4 heteroatoms. The van der Waals surface area contributed by atoms with E-state index in [-0.39, 0.29) is 6.04 Å². The SMILES string of the molecule is CC(Nc1cc(Cl)cc(Cl)c1)c1cc2ccccc2o1. The molecule has 0 spiro atoms. The highest BCUT2D eigenvalue weighted by Gasteiger charge is 2.11. The summed E-state index contributed by atoms with van der Waals surface area (Å²) in [7, 11) is 0. The lowest BCUT2D eigenvalue weighted by molar-refractivity contribution is 0.526. The van der Waals surface area contributed by atoms with Gasteiger partial charge in [0.25, 0.3) is 0 Å². The summed E-state index contributed by atoms with van der Waals surface area (Å²) in [6.07, 6.45) is 0. The molecule has 1 aromatic heterocycles. The van der Waals surface area contributed by atoms with Gasteiger partial charge in [0, 0.05) is 21.1 Å². The molecular formula is C16H13Cl2NO. The van der Waals surface area contributed by atoms with E-state index >= 15 is 0 Å². The third-order valence-corrected chi connectivity index (χ3v) is 3.55. The summed E-state index contributed by atoms with van der Waals surface area (Å²) in [5.74, 6) is 0.877. The fourth-order valence-corrected chi connectivity index (χ4v) is 2.70. The first-order valence-corrected chi connectivity index (χ1v) is 7.08. The topological polar surface area (TPSA) is 25.2 Å². The summed E-state index contributed by atoms with van der Waals surface area (Å²) in [5.41, 5.74) is 1.76. The second kappa shape index (κ2) is 5.39. The lowest BCUT2D eigenvalue weighted by atomic mass is 10.2. The molecule has 1 heterocycles. The van der Waals surface area contributed by atoms with Gasteiger partial charge in [0.2, 0.25) is 0 Å². The molecule has 102 valence electrons. The van der Waals surface area contributed by atoms with Crippen LogP contribution in [0.4, 0.5) is 5.69 Å². The first-order chi connectivity index (χ1) is 9.61. The Balaban J connectivity index is 1.86. The Hall–Kier alpha value is -1.64. The van der Waals surface area contributed by atoms with Crippen molar-refractivity contribution in [1.82, 2.24) is 0 Å². The molecule has 0 saturated carbocycles. The van der Waals surface area contributed by atoms with Crippen molar-refractivity contribution in [2.24, 2.45) is 0 Å². The molecule has 0 saturated heterocycles. The van der Waals surface area contributed by atoms with Gasteiger partial charge in [-0.25, -0.2) is 0 Å². The number of anilines is 1. The van der Waals surface area contributed by atoms with Crippen LogP contribution in [0.25, 0.3) is 11.0 Å². The molecule has 20 heavy (non-hydrogen) atoms. The Morgan fingerprint density at radius 2 is 1.70 bits per heavy atom. The van der Waals surface area contributed by atoms with Crippen LogP contribution in [0, 0.1) is 0 Å². The van der Waals surface area contributed by atoms with Crippen LogP contribution in [-0.4, -0.2) is 0 Å². The molecule has 3 rings (SSSR count). The minimum atomic E-state index is 0.0249. The van der Waals surface area contributed by atoms with Crippen LogP contribution in [0.1, 0.15) is 18.7 Å². The van der Waals surface area contributed by atoms with Crippen molar-refractivity contribution in [3.05, 3.63) is 64.3 Å². The highest BCUT2D eigenvalue weighted by Crippen LogP contribution is 2.28. The number of hydrogen-bond acceptors (Lipinski definition) is 2. The van der Waals surface area contributed by atoms with Gasteiger partial charge >= 0.3 is 0 Å². The fraction of sp³-hybridized carbons (Fsp3) is 0.125. The van der Waals surface area contributed by atoms with E-state index in [1.165, 1.54) is 0 Å². The van der Waals surface area contributed by atoms with E-state index in [0.29, 0.717) is 10.0 Å². The first kappa shape index (κ1) is 13.3. The molecule has 0 bridgehead atoms. The second-order valence-electron chi connectivity index (χ2n) is 4.71. The van der Waals surface area contributed by atoms with Crippen molar-refractivity contribution in [1.29, 1.82) is 0 Å². The molecule has 3 aromatic rings. The molecule has 1 atom stereocenters. The summed E-state index contributed by atoms with van der Waals surface area (Å²) in [4.78, 5) is 0. The van der Waals surface area contributed by atoms with Gasteiger partial charge in [0.05, 0.1) is 6.04 Å². The average molecular weight is 306 g/mol. The molecule has 1 N–H and O–H groups in total. The van der Waals surface area contributed by atoms with Crippen LogP contribution in [0.15, 0.2) is 52.9 Å². The molecule has 0 aliphatic carbocycles. The minimum absolute atomic E-state index is 0.0249. The number of benzene rings is 2. The maximum atomic E-state index is 6.00. The number of rotatable bonds is 3. The zero-order valence-electron chi connectivity index (χ0n) is 10.9. The largest absolute Gasteiger partial charge is 0.459 e. The lowest BCUT2D eigenvalue weighted by Gasteiger charge is -2.13. The monoisotopic (exact) mass is 305 g/mol. The Labute approximate surface area is 127 Å². The lowest BCUT2D eigenvalue weighted by Crippen LogP contribution is -2.05. The molecule has 1 unspecified atom stereocenters. The third kappa shape index (κ3) is 2.77. The molecule has 0 aliphatic heterocycles. The van der Waals surface area contributed by atoms with Crippen LogP contribution in [0.2, 0.25) is 10.0 Å². The Kier molecular flexibility index (Phi) is 3.60. The average Bonchev–Trinajstić information content (AvgIpc) is 2.81. The van der Waals surface area contributed by atoms with E-state index in [1.54, 1.807) is 6.07 Å². The number of para-hydroxylation sites is 1. The third-order valence-electron chi connectivity index (χ3n) is 3.12. The molecule has 2 nitrogen and oxygen atoms in total. The van der Waals surface area contributed by atoms with Crippen LogP contribution in [0.3, 0.4) is 0 Å². The van der Waals surface area contributed by atoms with E-state index in [2.05, 4.69) is 5.32 Å². The van der Waals surface area contributed by atoms with Gasteiger partial charge < -0.3 is 9.73 Å². The van der Waals surface area contributed by atoms with Gasteiger partial charge in [0.15, 0.2) is 0 Å². The van der Waals surface area contributed by atoms with Crippen molar-refractivity contribution >= 4 is 39.9 Å². The van der Waals surface area contributed by atoms with Crippen LogP contribution in [0.5, 0.6) is 0 Å². The molecular weight excluding hydrogens is 293 g/mol. The van der Waals surface area contributed by atoms with E-state index in [1.807, 2.05) is 49.4 Å². The number of halogens is 2. The summed E-state index contributed by atoms with van der Waals surface area (Å²) in [6, 6.07) is 15.4. The van der Waals surface area contributed by atoms with Crippen LogP contribution < -0.4 is 5.32 Å². The Morgan fingerprint density at radius 1 is 1.00 bits per heavy atom. The van der Waals surface area contributed by atoms with Crippen molar-refractivity contribution in [3.8, 4) is 0 Å². The van der Waals surface area contributed by atoms with Gasteiger partial charge in [-0.15, -0.1) is 0 Å². The quantitative estimate of drug-likeness (QED) is 0.650. The standard InChI is InChI=1S/C16H13Cl2NO/c1-10(19-14-8-12(17)7-13(18)9-14)16-6-11-4-2-3-5-15(11)20-16/h2-10,19H,1H3. The van der Waals surface area contributed by atoms with Gasteiger partial charge in [-0.05, 0) is 37.3 Å². The van der Waals surface area contributed by atoms with Gasteiger partial charge in [0.1, 0.15) is 11.3 Å². The summed E-state index contributed by atoms with van der Waals surface area (Å²) >= 11 is 12.0. The summed E-state index contributed by atoms with van der Waals surface area (Å²) < 4.78 is 5.83. The Morgan fingerprint density at radius 3 is 2.40 bits per heavy atom. The second-order valence-corrected chi connectivity index (χ2v) is 5.58. The predicted octanol–water partition coefficient (Wildman–Crippen LogP) is 5.91. The molecule has 0 radical (unpaired) electrons. The maximum Gasteiger partial charge on any atom is 0.134 e. The summed E-state index contributed by atoms with van der Waals surface area (Å²) in [5, 5.41) is 5.65. The minimum Gasteiger partial charge on any atom is -0.459 e. The smallest absolute Gasteiger partial charge is 0.134 e. The molecule has 0 amide bonds. The van der Waals surface area contributed by atoms with Crippen molar-refractivity contribution < 1.29 is 4.42 Å². The van der Waals surface area contributed by atoms with Crippen LogP contribution in [-0.2, 0) is 0 Å². The first-order valence-electron chi connectivity index (χ1n) is 6.33. The number of furan rings is 1. The number of nitrogens with one attached hydrogen (secondary N) is 1. The van der Waals surface area contributed by atoms with E-state index in [9.17, 15) is 0 Å². The molecule has 0 aliphatic rings. The zero-order chi connectivity index (χ0) is 14.1. The van der Waals surface area contributed by atoms with E-state index < -0.39 is 0 Å². The van der Waals surface area contributed by atoms with Gasteiger partial charge in [-0.3, -0.25) is 0 Å². The van der Waals surface area contributed by atoms with Gasteiger partial charge in [-0.1, -0.05) is 41.4 Å².